The molecule has 0 bridgehead atoms. The van der Waals surface area contributed by atoms with Gasteiger partial charge in [0, 0.05) is 13.6 Å². The number of nitrogens with one attached hydrogen (secondary N) is 1. The number of aromatic amines is 1. The number of hydrogen-bond donors (Lipinski definition) is 2. The highest BCUT2D eigenvalue weighted by Crippen LogP contribution is 2.20. The largest absolute Gasteiger partial charge is 0.395 e. The average Bonchev–Trinajstić information content (AvgIpc) is 2.54. The van der Waals surface area contributed by atoms with Crippen molar-refractivity contribution in [1.82, 2.24) is 15.1 Å². The number of aromatic nitrogens is 2. The molecule has 0 saturated carbocycles. The van der Waals surface area contributed by atoms with Crippen molar-refractivity contribution in [3.05, 3.63) is 11.4 Å². The molecule has 5 nitrogen and oxygen atoms in total. The second-order valence-corrected chi connectivity index (χ2v) is 3.70. The zero-order chi connectivity index (χ0) is 13.2. The average molecular weight is 250 g/mol. The van der Waals surface area contributed by atoms with Gasteiger partial charge in [-0.25, -0.2) is 0 Å². The Labute approximate surface area is 95.8 Å². The van der Waals surface area contributed by atoms with Crippen molar-refractivity contribution in [2.75, 3.05) is 19.3 Å². The molecule has 3 N–H and O–H groups in total. The van der Waals surface area contributed by atoms with Crippen molar-refractivity contribution in [3.8, 4) is 0 Å². The first-order chi connectivity index (χ1) is 7.72. The van der Waals surface area contributed by atoms with Gasteiger partial charge in [-0.3, -0.25) is 9.89 Å². The highest BCUT2D eigenvalue weighted by Gasteiger charge is 2.29. The summed E-state index contributed by atoms with van der Waals surface area (Å²) in [5, 5.41) is 6.16. The van der Waals surface area contributed by atoms with Gasteiger partial charge < -0.3 is 10.6 Å². The molecule has 17 heavy (non-hydrogen) atoms. The minimum atomic E-state index is -4.29. The van der Waals surface area contributed by atoms with E-state index in [0.29, 0.717) is 5.69 Å². The van der Waals surface area contributed by atoms with Crippen molar-refractivity contribution in [1.29, 1.82) is 0 Å². The number of carbonyl (C=O) groups excluding carboxylic acids is 1. The predicted octanol–water partition coefficient (Wildman–Crippen LogP) is 1.32. The molecule has 1 rings (SSSR count). The van der Waals surface area contributed by atoms with Gasteiger partial charge in [-0.2, -0.15) is 18.3 Å². The molecule has 0 aliphatic rings. The van der Waals surface area contributed by atoms with Crippen LogP contribution in [0.1, 0.15) is 22.6 Å². The van der Waals surface area contributed by atoms with E-state index >= 15 is 0 Å². The van der Waals surface area contributed by atoms with Gasteiger partial charge in [-0.1, -0.05) is 0 Å². The van der Waals surface area contributed by atoms with Crippen LogP contribution in [0.5, 0.6) is 0 Å². The first kappa shape index (κ1) is 13.3. The third kappa shape index (κ3) is 3.36. The molecule has 0 aromatic carbocycles. The first-order valence-corrected chi connectivity index (χ1v) is 4.85. The summed E-state index contributed by atoms with van der Waals surface area (Å²) in [6.45, 7) is 1.20. The Morgan fingerprint density at radius 2 is 2.12 bits per heavy atom. The van der Waals surface area contributed by atoms with Crippen molar-refractivity contribution >= 4 is 11.6 Å². The number of anilines is 1. The van der Waals surface area contributed by atoms with E-state index in [9.17, 15) is 18.0 Å². The molecule has 8 heteroatoms. The van der Waals surface area contributed by atoms with E-state index in [0.717, 1.165) is 4.90 Å². The second kappa shape index (κ2) is 4.64. The molecule has 1 heterocycles. The Morgan fingerprint density at radius 3 is 2.53 bits per heavy atom. The SMILES string of the molecule is Cc1[nH]nc(C(=O)N(C)CCC(F)(F)F)c1N. The standard InChI is InChI=1S/C9H13F3N4O/c1-5-6(13)7(15-14-5)8(17)16(2)4-3-9(10,11)12/h3-4,13H2,1-2H3,(H,14,15). The number of halogens is 3. The zero-order valence-electron chi connectivity index (χ0n) is 9.43. The summed E-state index contributed by atoms with van der Waals surface area (Å²) >= 11 is 0. The van der Waals surface area contributed by atoms with Crippen molar-refractivity contribution in [2.45, 2.75) is 19.5 Å². The molecule has 0 aliphatic carbocycles. The summed E-state index contributed by atoms with van der Waals surface area (Å²) in [7, 11) is 1.28. The fraction of sp³-hybridized carbons (Fsp3) is 0.556. The van der Waals surface area contributed by atoms with E-state index in [2.05, 4.69) is 10.2 Å². The second-order valence-electron chi connectivity index (χ2n) is 3.70. The van der Waals surface area contributed by atoms with Crippen LogP contribution in [0.15, 0.2) is 0 Å². The molecule has 0 fully saturated rings. The van der Waals surface area contributed by atoms with Gasteiger partial charge in [0.15, 0.2) is 5.69 Å². The van der Waals surface area contributed by atoms with Crippen molar-refractivity contribution < 1.29 is 18.0 Å². The molecule has 96 valence electrons. The lowest BCUT2D eigenvalue weighted by atomic mass is 10.2. The summed E-state index contributed by atoms with van der Waals surface area (Å²) in [4.78, 5) is 12.6. The fourth-order valence-electron chi connectivity index (χ4n) is 1.18. The minimum Gasteiger partial charge on any atom is -0.395 e. The lowest BCUT2D eigenvalue weighted by Crippen LogP contribution is -2.31. The number of aryl methyl sites for hydroxylation is 1. The van der Waals surface area contributed by atoms with Crippen LogP contribution in [0.3, 0.4) is 0 Å². The minimum absolute atomic E-state index is 0.0489. The smallest absolute Gasteiger partial charge is 0.390 e. The summed E-state index contributed by atoms with van der Waals surface area (Å²) in [6, 6.07) is 0. The van der Waals surface area contributed by atoms with Crippen LogP contribution in [0, 0.1) is 6.92 Å². The maximum atomic E-state index is 12.0. The van der Waals surface area contributed by atoms with Crippen LogP contribution in [-0.2, 0) is 0 Å². The molecular weight excluding hydrogens is 237 g/mol. The van der Waals surface area contributed by atoms with Crippen LogP contribution in [-0.4, -0.2) is 40.8 Å². The predicted molar refractivity (Wildman–Crippen MR) is 55.4 cm³/mol. The molecule has 1 aromatic heterocycles. The third-order valence-corrected chi connectivity index (χ3v) is 2.27. The molecule has 0 saturated heterocycles. The number of hydrogen-bond acceptors (Lipinski definition) is 3. The normalized spacial score (nSPS) is 11.6. The van der Waals surface area contributed by atoms with E-state index < -0.39 is 25.0 Å². The molecular formula is C9H13F3N4O. The maximum Gasteiger partial charge on any atom is 0.390 e. The van der Waals surface area contributed by atoms with E-state index in [4.69, 9.17) is 5.73 Å². The molecule has 0 spiro atoms. The van der Waals surface area contributed by atoms with Crippen LogP contribution in [0.2, 0.25) is 0 Å². The van der Waals surface area contributed by atoms with Crippen molar-refractivity contribution in [3.63, 3.8) is 0 Å². The highest BCUT2D eigenvalue weighted by atomic mass is 19.4. The number of alkyl halides is 3. The first-order valence-electron chi connectivity index (χ1n) is 4.85. The number of nitrogens with two attached hydrogens (primary N) is 1. The van der Waals surface area contributed by atoms with Gasteiger partial charge in [-0.05, 0) is 6.92 Å². The number of nitrogen functional groups attached to an aromatic ring is 1. The number of rotatable bonds is 3. The van der Waals surface area contributed by atoms with E-state index in [-0.39, 0.29) is 11.4 Å². The monoisotopic (exact) mass is 250 g/mol. The molecule has 1 aromatic rings. The lowest BCUT2D eigenvalue weighted by molar-refractivity contribution is -0.136. The Balaban J connectivity index is 2.68. The maximum absolute atomic E-state index is 12.0. The molecule has 0 atom stereocenters. The Hall–Kier alpha value is -1.73. The van der Waals surface area contributed by atoms with E-state index in [1.807, 2.05) is 0 Å². The number of amides is 1. The number of nitrogens with zero attached hydrogens (tertiary/aromatic N) is 2. The van der Waals surface area contributed by atoms with Gasteiger partial charge in [-0.15, -0.1) is 0 Å². The van der Waals surface area contributed by atoms with Crippen LogP contribution >= 0.6 is 0 Å². The number of H-pyrrole nitrogens is 1. The molecule has 0 aliphatic heterocycles. The molecule has 0 radical (unpaired) electrons. The Morgan fingerprint density at radius 1 is 1.53 bits per heavy atom. The summed E-state index contributed by atoms with van der Waals surface area (Å²) < 4.78 is 35.9. The third-order valence-electron chi connectivity index (χ3n) is 2.27. The van der Waals surface area contributed by atoms with Gasteiger partial charge >= 0.3 is 6.18 Å². The molecule has 0 unspecified atom stereocenters. The van der Waals surface area contributed by atoms with E-state index in [1.54, 1.807) is 6.92 Å². The lowest BCUT2D eigenvalue weighted by Gasteiger charge is -2.17. The van der Waals surface area contributed by atoms with Crippen molar-refractivity contribution in [2.24, 2.45) is 0 Å². The van der Waals surface area contributed by atoms with Gasteiger partial charge in [0.1, 0.15) is 0 Å². The summed E-state index contributed by atoms with van der Waals surface area (Å²) in [5.41, 5.74) is 6.18. The topological polar surface area (TPSA) is 75.0 Å². The van der Waals surface area contributed by atoms with Crippen LogP contribution < -0.4 is 5.73 Å². The zero-order valence-corrected chi connectivity index (χ0v) is 9.43. The van der Waals surface area contributed by atoms with Crippen LogP contribution in [0.25, 0.3) is 0 Å². The number of carbonyl (C=O) groups is 1. The Kier molecular flexibility index (Phi) is 3.64. The van der Waals surface area contributed by atoms with Gasteiger partial charge in [0.2, 0.25) is 0 Å². The fourth-order valence-corrected chi connectivity index (χ4v) is 1.18. The Bertz CT molecular complexity index is 413. The highest BCUT2D eigenvalue weighted by molar-refractivity contribution is 5.97. The van der Waals surface area contributed by atoms with Crippen LogP contribution in [0.4, 0.5) is 18.9 Å². The summed E-state index contributed by atoms with van der Waals surface area (Å²) in [6.07, 6.45) is -5.35. The molecule has 1 amide bonds. The summed E-state index contributed by atoms with van der Waals surface area (Å²) in [5.74, 6) is -0.629. The van der Waals surface area contributed by atoms with Gasteiger partial charge in [0.25, 0.3) is 5.91 Å². The van der Waals surface area contributed by atoms with Gasteiger partial charge in [0.05, 0.1) is 17.8 Å². The van der Waals surface area contributed by atoms with E-state index in [1.165, 1.54) is 7.05 Å². The quantitative estimate of drug-likeness (QED) is 0.849.